The maximum absolute atomic E-state index is 14.4. The van der Waals surface area contributed by atoms with Crippen LogP contribution < -0.4 is 10.6 Å². The Balaban J connectivity index is 2.31. The van der Waals surface area contributed by atoms with Crippen molar-refractivity contribution in [3.05, 3.63) is 71.5 Å². The lowest BCUT2D eigenvalue weighted by Crippen LogP contribution is -2.56. The van der Waals surface area contributed by atoms with E-state index < -0.39 is 35.7 Å². The maximum Gasteiger partial charge on any atom is 0.264 e. The highest BCUT2D eigenvalue weighted by Gasteiger charge is 2.42. The van der Waals surface area contributed by atoms with E-state index in [0.717, 1.165) is 0 Å². The monoisotopic (exact) mass is 410 g/mol. The highest BCUT2D eigenvalue weighted by atomic mass is 32.1. The molecule has 28 heavy (non-hydrogen) atoms. The van der Waals surface area contributed by atoms with Gasteiger partial charge in [-0.3, -0.25) is 10.1 Å². The number of hydrogen-bond donors (Lipinski definition) is 3. The van der Waals surface area contributed by atoms with Gasteiger partial charge in [-0.15, -0.1) is 0 Å². The van der Waals surface area contributed by atoms with Crippen LogP contribution in [0.25, 0.3) is 0 Å². The van der Waals surface area contributed by atoms with Crippen LogP contribution >= 0.6 is 12.2 Å². The number of hydrogen-bond acceptors (Lipinski definition) is 3. The first-order valence-corrected chi connectivity index (χ1v) is 8.97. The second-order valence-electron chi connectivity index (χ2n) is 6.57. The molecule has 0 heterocycles. The standard InChI is InChI=1S/C20H21F3N2O2S/c1-12(16(26)17(22)23)20(2,14-10-6-7-11-15(14)21)25-19(28)24-18(27)13-8-4-3-5-9-13/h3-12,16-17,26H,1-2H3,(H2,24,25,27,28)/t12?,16?,20-/m0/s1. The molecule has 0 fully saturated rings. The summed E-state index contributed by atoms with van der Waals surface area (Å²) in [6.45, 7) is 2.81. The van der Waals surface area contributed by atoms with Crippen LogP contribution in [-0.2, 0) is 5.54 Å². The lowest BCUT2D eigenvalue weighted by molar-refractivity contribution is -0.0558. The van der Waals surface area contributed by atoms with E-state index in [0.29, 0.717) is 5.56 Å². The summed E-state index contributed by atoms with van der Waals surface area (Å²) < 4.78 is 40.7. The third-order valence-corrected chi connectivity index (χ3v) is 4.95. The van der Waals surface area contributed by atoms with Gasteiger partial charge in [0.05, 0.1) is 5.54 Å². The molecule has 2 rings (SSSR count). The summed E-state index contributed by atoms with van der Waals surface area (Å²) in [5, 5.41) is 14.9. The summed E-state index contributed by atoms with van der Waals surface area (Å²) in [5.41, 5.74) is -1.12. The van der Waals surface area contributed by atoms with Crippen molar-refractivity contribution in [2.24, 2.45) is 5.92 Å². The third kappa shape index (κ3) is 4.88. The fourth-order valence-electron chi connectivity index (χ4n) is 2.90. The van der Waals surface area contributed by atoms with Crippen LogP contribution in [-0.4, -0.2) is 28.7 Å². The molecule has 0 saturated heterocycles. The highest BCUT2D eigenvalue weighted by Crippen LogP contribution is 2.35. The molecular weight excluding hydrogens is 389 g/mol. The van der Waals surface area contributed by atoms with Gasteiger partial charge in [0.25, 0.3) is 12.3 Å². The van der Waals surface area contributed by atoms with Crippen LogP contribution in [0.1, 0.15) is 29.8 Å². The van der Waals surface area contributed by atoms with Gasteiger partial charge >= 0.3 is 0 Å². The fourth-order valence-corrected chi connectivity index (χ4v) is 3.21. The molecule has 0 spiro atoms. The highest BCUT2D eigenvalue weighted by molar-refractivity contribution is 7.80. The number of carbonyl (C=O) groups excluding carboxylic acids is 1. The summed E-state index contributed by atoms with van der Waals surface area (Å²) in [4.78, 5) is 12.3. The Morgan fingerprint density at radius 1 is 1.11 bits per heavy atom. The van der Waals surface area contributed by atoms with E-state index in [9.17, 15) is 23.1 Å². The molecule has 0 radical (unpaired) electrons. The van der Waals surface area contributed by atoms with Gasteiger partial charge in [-0.1, -0.05) is 43.3 Å². The lowest BCUT2D eigenvalue weighted by atomic mass is 9.77. The molecule has 8 heteroatoms. The van der Waals surface area contributed by atoms with Crippen LogP contribution in [0.5, 0.6) is 0 Å². The van der Waals surface area contributed by atoms with E-state index in [1.807, 2.05) is 0 Å². The van der Waals surface area contributed by atoms with E-state index in [-0.39, 0.29) is 10.7 Å². The largest absolute Gasteiger partial charge is 0.387 e. The van der Waals surface area contributed by atoms with Crippen molar-refractivity contribution in [3.63, 3.8) is 0 Å². The molecule has 150 valence electrons. The Bertz CT molecular complexity index is 835. The van der Waals surface area contributed by atoms with E-state index in [4.69, 9.17) is 12.2 Å². The molecule has 2 aromatic rings. The number of thiocarbonyl (C=S) groups is 1. The molecule has 1 amide bonds. The zero-order valence-electron chi connectivity index (χ0n) is 15.3. The van der Waals surface area contributed by atoms with Crippen molar-refractivity contribution >= 4 is 23.2 Å². The third-order valence-electron chi connectivity index (χ3n) is 4.75. The normalized spacial score (nSPS) is 15.4. The van der Waals surface area contributed by atoms with Gasteiger partial charge in [0.1, 0.15) is 11.9 Å². The number of aliphatic hydroxyl groups excluding tert-OH is 1. The smallest absolute Gasteiger partial charge is 0.264 e. The number of rotatable bonds is 6. The number of nitrogens with one attached hydrogen (secondary N) is 2. The minimum absolute atomic E-state index is 0.0403. The molecule has 4 nitrogen and oxygen atoms in total. The number of carbonyl (C=O) groups is 1. The van der Waals surface area contributed by atoms with Gasteiger partial charge in [0.15, 0.2) is 5.11 Å². The molecule has 2 unspecified atom stereocenters. The van der Waals surface area contributed by atoms with Crippen molar-refractivity contribution < 1.29 is 23.1 Å². The van der Waals surface area contributed by atoms with E-state index in [1.165, 1.54) is 32.0 Å². The Labute approximate surface area is 166 Å². The average molecular weight is 410 g/mol. The first kappa shape index (κ1) is 21.8. The molecule has 0 saturated carbocycles. The van der Waals surface area contributed by atoms with Crippen LogP contribution in [0.4, 0.5) is 13.2 Å². The van der Waals surface area contributed by atoms with Gasteiger partial charge in [-0.2, -0.15) is 0 Å². The maximum atomic E-state index is 14.4. The predicted molar refractivity (Wildman–Crippen MR) is 105 cm³/mol. The number of aliphatic hydroxyl groups is 1. The van der Waals surface area contributed by atoms with E-state index in [2.05, 4.69) is 10.6 Å². The second kappa shape index (κ2) is 9.16. The first-order valence-electron chi connectivity index (χ1n) is 8.56. The number of benzene rings is 2. The number of amides is 1. The molecular formula is C20H21F3N2O2S. The lowest BCUT2D eigenvalue weighted by Gasteiger charge is -2.40. The van der Waals surface area contributed by atoms with E-state index >= 15 is 0 Å². The topological polar surface area (TPSA) is 61.4 Å². The summed E-state index contributed by atoms with van der Waals surface area (Å²) in [6.07, 6.45) is -5.07. The summed E-state index contributed by atoms with van der Waals surface area (Å²) >= 11 is 5.16. The van der Waals surface area contributed by atoms with Crippen molar-refractivity contribution in [2.75, 3.05) is 0 Å². The number of alkyl halides is 2. The minimum Gasteiger partial charge on any atom is -0.387 e. The van der Waals surface area contributed by atoms with Gasteiger partial charge < -0.3 is 10.4 Å². The van der Waals surface area contributed by atoms with Crippen molar-refractivity contribution in [2.45, 2.75) is 31.9 Å². The fraction of sp³-hybridized carbons (Fsp3) is 0.300. The van der Waals surface area contributed by atoms with Crippen LogP contribution in [0, 0.1) is 11.7 Å². The average Bonchev–Trinajstić information content (AvgIpc) is 2.67. The Morgan fingerprint density at radius 3 is 2.25 bits per heavy atom. The van der Waals surface area contributed by atoms with Gasteiger partial charge in [0, 0.05) is 17.0 Å². The SMILES string of the molecule is CC(C(O)C(F)F)[C@](C)(NC(=S)NC(=O)c1ccccc1)c1ccccc1F. The molecule has 0 aromatic heterocycles. The summed E-state index contributed by atoms with van der Waals surface area (Å²) in [5.74, 6) is -2.30. The van der Waals surface area contributed by atoms with E-state index in [1.54, 1.807) is 36.4 Å². The molecule has 3 N–H and O–H groups in total. The van der Waals surface area contributed by atoms with Crippen molar-refractivity contribution in [1.82, 2.24) is 10.6 Å². The zero-order chi connectivity index (χ0) is 20.9. The molecule has 0 bridgehead atoms. The van der Waals surface area contributed by atoms with Gasteiger partial charge in [0.2, 0.25) is 0 Å². The molecule has 0 aliphatic heterocycles. The van der Waals surface area contributed by atoms with Crippen LogP contribution in [0.3, 0.4) is 0 Å². The summed E-state index contributed by atoms with van der Waals surface area (Å²) in [6, 6.07) is 13.9. The minimum atomic E-state index is -3.03. The van der Waals surface area contributed by atoms with Crippen molar-refractivity contribution in [1.29, 1.82) is 0 Å². The molecule has 2 aromatic carbocycles. The Hall–Kier alpha value is -2.45. The van der Waals surface area contributed by atoms with Crippen molar-refractivity contribution in [3.8, 4) is 0 Å². The molecule has 0 aliphatic rings. The Morgan fingerprint density at radius 2 is 1.68 bits per heavy atom. The van der Waals surface area contributed by atoms with Crippen LogP contribution in [0.2, 0.25) is 0 Å². The van der Waals surface area contributed by atoms with Gasteiger partial charge in [-0.25, -0.2) is 13.2 Å². The molecule has 0 aliphatic carbocycles. The number of halogens is 3. The quantitative estimate of drug-likeness (QED) is 0.637. The van der Waals surface area contributed by atoms with Gasteiger partial charge in [-0.05, 0) is 37.3 Å². The summed E-state index contributed by atoms with van der Waals surface area (Å²) in [7, 11) is 0. The predicted octanol–water partition coefficient (Wildman–Crippen LogP) is 3.61. The molecule has 3 atom stereocenters. The second-order valence-corrected chi connectivity index (χ2v) is 6.98. The zero-order valence-corrected chi connectivity index (χ0v) is 16.1. The van der Waals surface area contributed by atoms with Crippen LogP contribution in [0.15, 0.2) is 54.6 Å². The Kier molecular flexibility index (Phi) is 7.15. The first-order chi connectivity index (χ1) is 13.2.